The van der Waals surface area contributed by atoms with Crippen molar-refractivity contribution in [1.29, 1.82) is 0 Å². The third-order valence-electron chi connectivity index (χ3n) is 4.04. The van der Waals surface area contributed by atoms with Crippen LogP contribution in [0.15, 0.2) is 35.2 Å². The quantitative estimate of drug-likeness (QED) is 0.740. The molecule has 3 rings (SSSR count). The Kier molecular flexibility index (Phi) is 5.08. The maximum Gasteiger partial charge on any atom is 0.309 e. The zero-order valence-electron chi connectivity index (χ0n) is 14.5. The minimum absolute atomic E-state index is 0.0202. The number of hydroxylamine groups is 1. The maximum atomic E-state index is 13.4. The molecule has 10 heteroatoms. The maximum absolute atomic E-state index is 13.4. The monoisotopic (exact) mass is 381 g/mol. The molecule has 2 atom stereocenters. The first-order chi connectivity index (χ1) is 12.8. The summed E-state index contributed by atoms with van der Waals surface area (Å²) in [6.45, 7) is 1.57. The van der Waals surface area contributed by atoms with Gasteiger partial charge in [-0.15, -0.1) is 0 Å². The normalized spacial score (nSPS) is 23.8. The summed E-state index contributed by atoms with van der Waals surface area (Å²) in [7, 11) is 1.28. The second-order valence-electron chi connectivity index (χ2n) is 6.25. The third kappa shape index (κ3) is 4.05. The van der Waals surface area contributed by atoms with Gasteiger partial charge in [-0.3, -0.25) is 14.4 Å². The van der Waals surface area contributed by atoms with E-state index in [-0.39, 0.29) is 30.1 Å². The highest BCUT2D eigenvalue weighted by molar-refractivity contribution is 6.05. The first kappa shape index (κ1) is 18.8. The second-order valence-corrected chi connectivity index (χ2v) is 6.25. The first-order valence-corrected chi connectivity index (χ1v) is 8.01. The van der Waals surface area contributed by atoms with Gasteiger partial charge in [0.1, 0.15) is 18.2 Å². The predicted octanol–water partition coefficient (Wildman–Crippen LogP) is 0.924. The van der Waals surface area contributed by atoms with Gasteiger partial charge in [0.2, 0.25) is 5.60 Å². The van der Waals surface area contributed by atoms with Gasteiger partial charge >= 0.3 is 5.91 Å². The Bertz CT molecular complexity index is 822. The fourth-order valence-electron chi connectivity index (χ4n) is 2.68. The molecular weight excluding hydrogens is 364 g/mol. The van der Waals surface area contributed by atoms with Crippen LogP contribution in [-0.4, -0.2) is 42.9 Å². The minimum Gasteiger partial charge on any atom is -0.486 e. The average Bonchev–Trinajstić information content (AvgIpc) is 3.22. The summed E-state index contributed by atoms with van der Waals surface area (Å²) in [4.78, 5) is 33.9. The summed E-state index contributed by atoms with van der Waals surface area (Å²) < 4.78 is 32.0. The largest absolute Gasteiger partial charge is 0.486 e. The van der Waals surface area contributed by atoms with Gasteiger partial charge in [0.15, 0.2) is 5.76 Å². The van der Waals surface area contributed by atoms with Crippen molar-refractivity contribution in [2.45, 2.75) is 25.0 Å². The number of amides is 2. The summed E-state index contributed by atoms with van der Waals surface area (Å²) >= 11 is 0. The van der Waals surface area contributed by atoms with Crippen molar-refractivity contribution in [3.05, 3.63) is 47.2 Å². The number of oxime groups is 1. The Morgan fingerprint density at radius 1 is 1.30 bits per heavy atom. The molecule has 144 valence electrons. The molecule has 1 aromatic rings. The number of carbonyl (C=O) groups is 2. The van der Waals surface area contributed by atoms with E-state index in [1.54, 1.807) is 0 Å². The number of hydrogen-bond acceptors (Lipinski definition) is 6. The SMILES string of the molecule is CONC(=O)C1=C[C@@H](NC(=O)[C@@]2(C)CC(c3cc(F)cc(F)c3)=NO2)CO1. The number of hydrogen-bond donors (Lipinski definition) is 2. The molecule has 0 aromatic heterocycles. The van der Waals surface area contributed by atoms with E-state index in [1.807, 2.05) is 0 Å². The Labute approximate surface area is 153 Å². The molecule has 0 aliphatic carbocycles. The van der Waals surface area contributed by atoms with E-state index in [1.165, 1.54) is 20.1 Å². The second kappa shape index (κ2) is 7.31. The smallest absolute Gasteiger partial charge is 0.309 e. The van der Waals surface area contributed by atoms with Crippen molar-refractivity contribution in [3.63, 3.8) is 0 Å². The average molecular weight is 381 g/mol. The van der Waals surface area contributed by atoms with E-state index in [9.17, 15) is 18.4 Å². The molecular formula is C17H17F2N3O5. The molecule has 0 fully saturated rings. The van der Waals surface area contributed by atoms with Crippen molar-refractivity contribution in [2.24, 2.45) is 5.16 Å². The van der Waals surface area contributed by atoms with E-state index in [0.717, 1.165) is 18.2 Å². The number of halogens is 2. The number of benzene rings is 1. The van der Waals surface area contributed by atoms with E-state index in [4.69, 9.17) is 9.57 Å². The van der Waals surface area contributed by atoms with E-state index < -0.39 is 35.1 Å². The van der Waals surface area contributed by atoms with Crippen molar-refractivity contribution in [2.75, 3.05) is 13.7 Å². The lowest BCUT2D eigenvalue weighted by Crippen LogP contribution is -2.48. The van der Waals surface area contributed by atoms with Crippen LogP contribution in [0.2, 0.25) is 0 Å². The van der Waals surface area contributed by atoms with Crippen LogP contribution in [0, 0.1) is 11.6 Å². The minimum atomic E-state index is -1.36. The van der Waals surface area contributed by atoms with E-state index in [2.05, 4.69) is 20.8 Å². The van der Waals surface area contributed by atoms with Crippen LogP contribution in [0.25, 0.3) is 0 Å². The van der Waals surface area contributed by atoms with Crippen molar-refractivity contribution >= 4 is 17.5 Å². The molecule has 0 radical (unpaired) electrons. The third-order valence-corrected chi connectivity index (χ3v) is 4.04. The standard InChI is InChI=1S/C17H17F2N3O5/c1-17(7-13(21-27-17)9-3-10(18)5-11(19)4-9)16(24)20-12-6-14(26-8-12)15(23)22-25-2/h3-6,12H,7-8H2,1-2H3,(H,20,24)(H,22,23)/t12-,17-/m1/s1. The topological polar surface area (TPSA) is 98.3 Å². The van der Waals surface area contributed by atoms with Crippen molar-refractivity contribution in [1.82, 2.24) is 10.8 Å². The lowest BCUT2D eigenvalue weighted by Gasteiger charge is -2.22. The lowest BCUT2D eigenvalue weighted by molar-refractivity contribution is -0.142. The van der Waals surface area contributed by atoms with Gasteiger partial charge in [-0.25, -0.2) is 14.3 Å². The molecule has 1 aromatic carbocycles. The molecule has 8 nitrogen and oxygen atoms in total. The van der Waals surface area contributed by atoms with Crippen molar-refractivity contribution in [3.8, 4) is 0 Å². The van der Waals surface area contributed by atoms with Gasteiger partial charge in [0.05, 0.1) is 18.9 Å². The van der Waals surface area contributed by atoms with Crippen LogP contribution in [0.5, 0.6) is 0 Å². The zero-order chi connectivity index (χ0) is 19.6. The number of rotatable bonds is 5. The summed E-state index contributed by atoms with van der Waals surface area (Å²) in [5, 5.41) is 6.48. The van der Waals surface area contributed by atoms with Crippen LogP contribution >= 0.6 is 0 Å². The van der Waals surface area contributed by atoms with Gasteiger partial charge in [-0.2, -0.15) is 0 Å². The van der Waals surface area contributed by atoms with Crippen LogP contribution in [0.1, 0.15) is 18.9 Å². The van der Waals surface area contributed by atoms with Crippen LogP contribution in [0.3, 0.4) is 0 Å². The molecule has 2 N–H and O–H groups in total. The fourth-order valence-corrected chi connectivity index (χ4v) is 2.68. The van der Waals surface area contributed by atoms with Gasteiger partial charge in [-0.05, 0) is 25.1 Å². The molecule has 0 unspecified atom stereocenters. The molecule has 0 saturated heterocycles. The summed E-state index contributed by atoms with van der Waals surface area (Å²) in [6, 6.07) is 2.42. The Hall–Kier alpha value is -3.01. The zero-order valence-corrected chi connectivity index (χ0v) is 14.5. The molecule has 2 aliphatic heterocycles. The lowest BCUT2D eigenvalue weighted by atomic mass is 9.94. The van der Waals surface area contributed by atoms with Crippen LogP contribution in [0.4, 0.5) is 8.78 Å². The number of nitrogens with one attached hydrogen (secondary N) is 2. The van der Waals surface area contributed by atoms with Crippen LogP contribution in [-0.2, 0) is 24.0 Å². The number of nitrogens with zero attached hydrogens (tertiary/aromatic N) is 1. The highest BCUT2D eigenvalue weighted by atomic mass is 19.1. The highest BCUT2D eigenvalue weighted by Gasteiger charge is 2.43. The van der Waals surface area contributed by atoms with Gasteiger partial charge in [0, 0.05) is 18.1 Å². The van der Waals surface area contributed by atoms with Crippen molar-refractivity contribution < 1.29 is 32.8 Å². The highest BCUT2D eigenvalue weighted by Crippen LogP contribution is 2.28. The molecule has 2 aliphatic rings. The van der Waals surface area contributed by atoms with Gasteiger partial charge < -0.3 is 14.9 Å². The molecule has 2 amide bonds. The Morgan fingerprint density at radius 3 is 2.67 bits per heavy atom. The first-order valence-electron chi connectivity index (χ1n) is 8.01. The van der Waals surface area contributed by atoms with Gasteiger partial charge in [-0.1, -0.05) is 5.16 Å². The predicted molar refractivity (Wildman–Crippen MR) is 88.1 cm³/mol. The van der Waals surface area contributed by atoms with E-state index in [0.29, 0.717) is 0 Å². The van der Waals surface area contributed by atoms with E-state index >= 15 is 0 Å². The molecule has 0 bridgehead atoms. The molecule has 27 heavy (non-hydrogen) atoms. The molecule has 2 heterocycles. The fraction of sp³-hybridized carbons (Fsp3) is 0.353. The number of carbonyl (C=O) groups excluding carboxylic acids is 2. The molecule has 0 spiro atoms. The Morgan fingerprint density at radius 2 is 2.00 bits per heavy atom. The van der Waals surface area contributed by atoms with Crippen LogP contribution < -0.4 is 10.8 Å². The summed E-state index contributed by atoms with van der Waals surface area (Å²) in [5.41, 5.74) is 1.20. The number of ether oxygens (including phenoxy) is 1. The summed E-state index contributed by atoms with van der Waals surface area (Å²) in [5.74, 6) is -2.55. The molecule has 0 saturated carbocycles. The Balaban J connectivity index is 1.64. The summed E-state index contributed by atoms with van der Waals surface area (Å²) in [6.07, 6.45) is 1.46. The van der Waals surface area contributed by atoms with Gasteiger partial charge in [0.25, 0.3) is 5.91 Å².